The fourth-order valence-electron chi connectivity index (χ4n) is 2.55. The van der Waals surface area contributed by atoms with Gasteiger partial charge in [-0.15, -0.1) is 0 Å². The molecule has 0 spiro atoms. The third-order valence-corrected chi connectivity index (χ3v) is 4.33. The van der Waals surface area contributed by atoms with Crippen LogP contribution < -0.4 is 5.73 Å². The number of fused-ring (bicyclic) bond motifs is 1. The Morgan fingerprint density at radius 2 is 1.90 bits per heavy atom. The van der Waals surface area contributed by atoms with E-state index in [2.05, 4.69) is 28.1 Å². The minimum absolute atomic E-state index is 0.0266. The number of anilines is 1. The van der Waals surface area contributed by atoms with E-state index < -0.39 is 0 Å². The summed E-state index contributed by atoms with van der Waals surface area (Å²) >= 11 is 3.43. The number of halogens is 1. The standard InChI is InChI=1S/C16H15BrN2O/c17-15-6-5-13(18)9-14(15)16(20)19-8-7-11-3-1-2-4-12(11)10-19/h1-6,9H,7-8,10,18H2. The van der Waals surface area contributed by atoms with Crippen molar-refractivity contribution in [3.63, 3.8) is 0 Å². The van der Waals surface area contributed by atoms with Gasteiger partial charge >= 0.3 is 0 Å². The van der Waals surface area contributed by atoms with Crippen LogP contribution in [-0.4, -0.2) is 17.4 Å². The van der Waals surface area contributed by atoms with Crippen molar-refractivity contribution in [2.75, 3.05) is 12.3 Å². The molecule has 0 radical (unpaired) electrons. The van der Waals surface area contributed by atoms with E-state index in [1.807, 2.05) is 23.1 Å². The molecule has 1 heterocycles. The van der Waals surface area contributed by atoms with Gasteiger partial charge in [-0.25, -0.2) is 0 Å². The number of nitrogen functional groups attached to an aromatic ring is 1. The monoisotopic (exact) mass is 330 g/mol. The Labute approximate surface area is 126 Å². The molecule has 3 nitrogen and oxygen atoms in total. The van der Waals surface area contributed by atoms with Crippen LogP contribution in [0.5, 0.6) is 0 Å². The third-order valence-electron chi connectivity index (χ3n) is 3.64. The molecule has 102 valence electrons. The molecule has 1 aliphatic rings. The molecule has 0 fully saturated rings. The van der Waals surface area contributed by atoms with E-state index >= 15 is 0 Å². The first-order valence-corrected chi connectivity index (χ1v) is 7.35. The topological polar surface area (TPSA) is 46.3 Å². The van der Waals surface area contributed by atoms with Crippen molar-refractivity contribution < 1.29 is 4.79 Å². The van der Waals surface area contributed by atoms with Crippen LogP contribution in [0.25, 0.3) is 0 Å². The van der Waals surface area contributed by atoms with Crippen molar-refractivity contribution >= 4 is 27.5 Å². The molecule has 1 aliphatic heterocycles. The summed E-state index contributed by atoms with van der Waals surface area (Å²) in [5, 5.41) is 0. The van der Waals surface area contributed by atoms with Gasteiger partial charge in [-0.3, -0.25) is 4.79 Å². The van der Waals surface area contributed by atoms with Crippen molar-refractivity contribution in [3.05, 3.63) is 63.6 Å². The van der Waals surface area contributed by atoms with E-state index in [4.69, 9.17) is 5.73 Å². The molecule has 0 saturated heterocycles. The summed E-state index contributed by atoms with van der Waals surface area (Å²) in [5.41, 5.74) is 9.58. The summed E-state index contributed by atoms with van der Waals surface area (Å²) in [4.78, 5) is 14.5. The van der Waals surface area contributed by atoms with Crippen LogP contribution >= 0.6 is 15.9 Å². The van der Waals surface area contributed by atoms with Crippen LogP contribution in [0.15, 0.2) is 46.9 Å². The Hall–Kier alpha value is -1.81. The number of nitrogens with zero attached hydrogens (tertiary/aromatic N) is 1. The molecule has 2 N–H and O–H groups in total. The average Bonchev–Trinajstić information content (AvgIpc) is 2.48. The van der Waals surface area contributed by atoms with Gasteiger partial charge in [-0.1, -0.05) is 24.3 Å². The molecule has 0 saturated carbocycles. The molecule has 3 rings (SSSR count). The molecule has 0 bridgehead atoms. The maximum atomic E-state index is 12.6. The summed E-state index contributed by atoms with van der Waals surface area (Å²) in [7, 11) is 0. The minimum Gasteiger partial charge on any atom is -0.399 e. The summed E-state index contributed by atoms with van der Waals surface area (Å²) in [6.45, 7) is 1.41. The van der Waals surface area contributed by atoms with Gasteiger partial charge in [-0.05, 0) is 51.7 Å². The first-order valence-electron chi connectivity index (χ1n) is 6.56. The van der Waals surface area contributed by atoms with Crippen LogP contribution in [-0.2, 0) is 13.0 Å². The zero-order valence-corrected chi connectivity index (χ0v) is 12.6. The lowest BCUT2D eigenvalue weighted by atomic mass is 9.99. The largest absolute Gasteiger partial charge is 0.399 e. The van der Waals surface area contributed by atoms with Gasteiger partial charge in [0, 0.05) is 23.2 Å². The second kappa shape index (κ2) is 5.29. The quantitative estimate of drug-likeness (QED) is 0.816. The molecule has 2 aromatic carbocycles. The molecule has 0 unspecified atom stereocenters. The van der Waals surface area contributed by atoms with Crippen molar-refractivity contribution in [2.45, 2.75) is 13.0 Å². The zero-order valence-electron chi connectivity index (χ0n) is 11.0. The highest BCUT2D eigenvalue weighted by atomic mass is 79.9. The predicted octanol–water partition coefficient (Wildman–Crippen LogP) is 3.23. The van der Waals surface area contributed by atoms with E-state index in [1.165, 1.54) is 11.1 Å². The van der Waals surface area contributed by atoms with Gasteiger partial charge < -0.3 is 10.6 Å². The van der Waals surface area contributed by atoms with E-state index in [0.717, 1.165) is 17.4 Å². The molecule has 0 atom stereocenters. The SMILES string of the molecule is Nc1ccc(Br)c(C(=O)N2CCc3ccccc3C2)c1. The van der Waals surface area contributed by atoms with E-state index in [0.29, 0.717) is 17.8 Å². The lowest BCUT2D eigenvalue weighted by Crippen LogP contribution is -2.36. The Balaban J connectivity index is 1.88. The Morgan fingerprint density at radius 1 is 1.15 bits per heavy atom. The van der Waals surface area contributed by atoms with Crippen molar-refractivity contribution in [1.29, 1.82) is 0 Å². The maximum absolute atomic E-state index is 12.6. The van der Waals surface area contributed by atoms with Crippen molar-refractivity contribution in [2.24, 2.45) is 0 Å². The van der Waals surface area contributed by atoms with Crippen LogP contribution in [0.4, 0.5) is 5.69 Å². The molecule has 0 aliphatic carbocycles. The van der Waals surface area contributed by atoms with Gasteiger partial charge in [-0.2, -0.15) is 0 Å². The Morgan fingerprint density at radius 3 is 2.70 bits per heavy atom. The second-order valence-corrected chi connectivity index (χ2v) is 5.84. The number of hydrogen-bond acceptors (Lipinski definition) is 2. The highest BCUT2D eigenvalue weighted by molar-refractivity contribution is 9.10. The van der Waals surface area contributed by atoms with E-state index in [-0.39, 0.29) is 5.91 Å². The van der Waals surface area contributed by atoms with Crippen LogP contribution in [0.2, 0.25) is 0 Å². The molecule has 1 amide bonds. The summed E-state index contributed by atoms with van der Waals surface area (Å²) in [6, 6.07) is 13.6. The maximum Gasteiger partial charge on any atom is 0.255 e. The van der Waals surface area contributed by atoms with Crippen LogP contribution in [0.3, 0.4) is 0 Å². The summed E-state index contributed by atoms with van der Waals surface area (Å²) in [6.07, 6.45) is 0.905. The summed E-state index contributed by atoms with van der Waals surface area (Å²) < 4.78 is 0.788. The molecule has 2 aromatic rings. The first-order chi connectivity index (χ1) is 9.65. The van der Waals surface area contributed by atoms with E-state index in [1.54, 1.807) is 12.1 Å². The van der Waals surface area contributed by atoms with E-state index in [9.17, 15) is 4.79 Å². The van der Waals surface area contributed by atoms with Gasteiger partial charge in [0.2, 0.25) is 0 Å². The van der Waals surface area contributed by atoms with Gasteiger partial charge in [0.05, 0.1) is 5.56 Å². The van der Waals surface area contributed by atoms with Crippen molar-refractivity contribution in [3.8, 4) is 0 Å². The summed E-state index contributed by atoms with van der Waals surface area (Å²) in [5.74, 6) is 0.0266. The lowest BCUT2D eigenvalue weighted by Gasteiger charge is -2.29. The second-order valence-electron chi connectivity index (χ2n) is 4.98. The number of carbonyl (C=O) groups excluding carboxylic acids is 1. The number of amides is 1. The molecular formula is C16H15BrN2O. The normalized spacial score (nSPS) is 13.9. The highest BCUT2D eigenvalue weighted by Crippen LogP contribution is 2.25. The number of benzene rings is 2. The molecule has 0 aromatic heterocycles. The fraction of sp³-hybridized carbons (Fsp3) is 0.188. The molecule has 20 heavy (non-hydrogen) atoms. The highest BCUT2D eigenvalue weighted by Gasteiger charge is 2.22. The number of nitrogens with two attached hydrogens (primary N) is 1. The number of rotatable bonds is 1. The van der Waals surface area contributed by atoms with Crippen LogP contribution in [0, 0.1) is 0 Å². The average molecular weight is 331 g/mol. The van der Waals surface area contributed by atoms with Gasteiger partial charge in [0.25, 0.3) is 5.91 Å². The van der Waals surface area contributed by atoms with Crippen LogP contribution in [0.1, 0.15) is 21.5 Å². The van der Waals surface area contributed by atoms with Gasteiger partial charge in [0.1, 0.15) is 0 Å². The minimum atomic E-state index is 0.0266. The lowest BCUT2D eigenvalue weighted by molar-refractivity contribution is 0.0734. The zero-order chi connectivity index (χ0) is 14.1. The van der Waals surface area contributed by atoms with Gasteiger partial charge in [0.15, 0.2) is 0 Å². The number of carbonyl (C=O) groups is 1. The first kappa shape index (κ1) is 13.2. The Kier molecular flexibility index (Phi) is 3.49. The number of hydrogen-bond donors (Lipinski definition) is 1. The molecular weight excluding hydrogens is 316 g/mol. The van der Waals surface area contributed by atoms with Crippen molar-refractivity contribution in [1.82, 2.24) is 4.90 Å². The third kappa shape index (κ3) is 2.43. The predicted molar refractivity (Wildman–Crippen MR) is 83.4 cm³/mol. The smallest absolute Gasteiger partial charge is 0.255 e. The Bertz CT molecular complexity index is 669. The molecule has 4 heteroatoms. The fourth-order valence-corrected chi connectivity index (χ4v) is 2.96.